The Balaban J connectivity index is 0. The highest BCUT2D eigenvalue weighted by molar-refractivity contribution is 5.87. The zero-order valence-electron chi connectivity index (χ0n) is 10.6. The van der Waals surface area contributed by atoms with E-state index in [0.717, 1.165) is 6.08 Å². The van der Waals surface area contributed by atoms with Crippen LogP contribution in [-0.2, 0) is 9.59 Å². The van der Waals surface area contributed by atoms with Crippen LogP contribution in [0.15, 0.2) is 24.8 Å². The van der Waals surface area contributed by atoms with E-state index in [0.29, 0.717) is 6.42 Å². The minimum absolute atomic E-state index is 0.116. The van der Waals surface area contributed by atoms with Gasteiger partial charge in [0.25, 0.3) is 0 Å². The number of hydrogen-bond donors (Lipinski definition) is 5. The molecule has 7 nitrogen and oxygen atoms in total. The van der Waals surface area contributed by atoms with Crippen molar-refractivity contribution in [2.24, 2.45) is 5.41 Å². The van der Waals surface area contributed by atoms with Crippen LogP contribution in [0.25, 0.3) is 0 Å². The number of rotatable bonds is 8. The van der Waals surface area contributed by atoms with Crippen molar-refractivity contribution in [3.63, 3.8) is 0 Å². The van der Waals surface area contributed by atoms with Gasteiger partial charge in [-0.15, -0.1) is 0 Å². The highest BCUT2D eigenvalue weighted by Gasteiger charge is 2.35. The SMILES string of the molecule is C=C(C(=O)O)C(CO)(CO)CCCO.C=CC(=O)O. The molecule has 0 aliphatic heterocycles. The lowest BCUT2D eigenvalue weighted by Crippen LogP contribution is -2.35. The van der Waals surface area contributed by atoms with Gasteiger partial charge in [-0.25, -0.2) is 9.59 Å². The van der Waals surface area contributed by atoms with Crippen LogP contribution in [0.5, 0.6) is 0 Å². The fraction of sp³-hybridized carbons (Fsp3) is 0.500. The van der Waals surface area contributed by atoms with Gasteiger partial charge in [0.1, 0.15) is 0 Å². The first-order chi connectivity index (χ1) is 8.81. The molecule has 0 saturated heterocycles. The number of aliphatic hydroxyl groups excluding tert-OH is 3. The van der Waals surface area contributed by atoms with Crippen LogP contribution in [0.4, 0.5) is 0 Å². The molecule has 19 heavy (non-hydrogen) atoms. The van der Waals surface area contributed by atoms with E-state index in [1.807, 2.05) is 0 Å². The van der Waals surface area contributed by atoms with Gasteiger partial charge in [-0.3, -0.25) is 0 Å². The molecular weight excluding hydrogens is 256 g/mol. The normalized spacial score (nSPS) is 10.1. The Bertz CT molecular complexity index is 318. The molecule has 110 valence electrons. The number of carboxylic acid groups (broad SMARTS) is 2. The minimum atomic E-state index is -1.24. The predicted molar refractivity (Wildman–Crippen MR) is 67.5 cm³/mol. The molecule has 0 fully saturated rings. The molecule has 0 radical (unpaired) electrons. The molecule has 0 rings (SSSR count). The Hall–Kier alpha value is -1.70. The summed E-state index contributed by atoms with van der Waals surface area (Å²) in [5.74, 6) is -2.23. The zero-order valence-corrected chi connectivity index (χ0v) is 10.6. The summed E-state index contributed by atoms with van der Waals surface area (Å²) in [5.41, 5.74) is -1.45. The molecule has 0 aromatic carbocycles. The maximum absolute atomic E-state index is 10.6. The second-order valence-electron chi connectivity index (χ2n) is 3.75. The number of aliphatic carboxylic acids is 2. The van der Waals surface area contributed by atoms with Crippen LogP contribution in [0.1, 0.15) is 12.8 Å². The summed E-state index contributed by atoms with van der Waals surface area (Å²) < 4.78 is 0. The van der Waals surface area contributed by atoms with E-state index in [4.69, 9.17) is 25.5 Å². The van der Waals surface area contributed by atoms with E-state index < -0.39 is 30.6 Å². The maximum Gasteiger partial charge on any atom is 0.331 e. The summed E-state index contributed by atoms with van der Waals surface area (Å²) in [6, 6.07) is 0. The van der Waals surface area contributed by atoms with Gasteiger partial charge in [-0.2, -0.15) is 0 Å². The van der Waals surface area contributed by atoms with E-state index in [-0.39, 0.29) is 18.6 Å². The van der Waals surface area contributed by atoms with Crippen LogP contribution in [0, 0.1) is 5.41 Å². The maximum atomic E-state index is 10.6. The summed E-state index contributed by atoms with van der Waals surface area (Å²) in [7, 11) is 0. The van der Waals surface area contributed by atoms with Gasteiger partial charge in [-0.1, -0.05) is 13.2 Å². The Morgan fingerprint density at radius 2 is 1.53 bits per heavy atom. The van der Waals surface area contributed by atoms with Gasteiger partial charge in [0.2, 0.25) is 0 Å². The topological polar surface area (TPSA) is 135 Å². The standard InChI is InChI=1S/C9H16O5.C3H4O2/c1-7(8(13)14)9(5-11,6-12)3-2-4-10;1-2-3(4)5/h10-12H,1-6H2,(H,13,14);2H,1H2,(H,4,5). The number of carbonyl (C=O) groups is 2. The minimum Gasteiger partial charge on any atom is -0.478 e. The van der Waals surface area contributed by atoms with Crippen molar-refractivity contribution in [3.8, 4) is 0 Å². The highest BCUT2D eigenvalue weighted by atomic mass is 16.4. The average Bonchev–Trinajstić information content (AvgIpc) is 2.40. The molecule has 0 unspecified atom stereocenters. The quantitative estimate of drug-likeness (QED) is 0.381. The smallest absolute Gasteiger partial charge is 0.331 e. The van der Waals surface area contributed by atoms with Gasteiger partial charge in [0.05, 0.1) is 13.2 Å². The Kier molecular flexibility index (Phi) is 10.6. The van der Waals surface area contributed by atoms with Crippen molar-refractivity contribution < 1.29 is 35.1 Å². The lowest BCUT2D eigenvalue weighted by Gasteiger charge is -2.29. The first-order valence-corrected chi connectivity index (χ1v) is 5.42. The second kappa shape index (κ2) is 10.2. The molecule has 0 amide bonds. The second-order valence-corrected chi connectivity index (χ2v) is 3.75. The fourth-order valence-corrected chi connectivity index (χ4v) is 1.19. The van der Waals surface area contributed by atoms with E-state index in [1.54, 1.807) is 0 Å². The van der Waals surface area contributed by atoms with Gasteiger partial charge in [0, 0.05) is 23.7 Å². The van der Waals surface area contributed by atoms with E-state index in [1.165, 1.54) is 0 Å². The molecule has 0 heterocycles. The molecule has 7 heteroatoms. The highest BCUT2D eigenvalue weighted by Crippen LogP contribution is 2.30. The summed E-state index contributed by atoms with van der Waals surface area (Å²) >= 11 is 0. The van der Waals surface area contributed by atoms with Gasteiger partial charge in [-0.05, 0) is 12.8 Å². The monoisotopic (exact) mass is 276 g/mol. The Labute approximate surface area is 111 Å². The average molecular weight is 276 g/mol. The van der Waals surface area contributed by atoms with Crippen LogP contribution >= 0.6 is 0 Å². The van der Waals surface area contributed by atoms with Crippen LogP contribution < -0.4 is 0 Å². The van der Waals surface area contributed by atoms with Crippen molar-refractivity contribution in [1.29, 1.82) is 0 Å². The summed E-state index contributed by atoms with van der Waals surface area (Å²) in [6.45, 7) is 5.18. The van der Waals surface area contributed by atoms with E-state index >= 15 is 0 Å². The largest absolute Gasteiger partial charge is 0.478 e. The molecule has 0 saturated carbocycles. The fourth-order valence-electron chi connectivity index (χ4n) is 1.19. The molecule has 0 spiro atoms. The van der Waals surface area contributed by atoms with Gasteiger partial charge >= 0.3 is 11.9 Å². The van der Waals surface area contributed by atoms with E-state index in [2.05, 4.69) is 13.2 Å². The molecular formula is C12H20O7. The number of aliphatic hydroxyl groups is 3. The van der Waals surface area contributed by atoms with Crippen LogP contribution in [-0.4, -0.2) is 57.3 Å². The zero-order chi connectivity index (χ0) is 15.5. The lowest BCUT2D eigenvalue weighted by atomic mass is 9.78. The molecule has 0 aliphatic carbocycles. The predicted octanol–water partition coefficient (Wildman–Crippen LogP) is -0.372. The lowest BCUT2D eigenvalue weighted by molar-refractivity contribution is -0.135. The molecule has 5 N–H and O–H groups in total. The number of hydrogen-bond acceptors (Lipinski definition) is 5. The summed E-state index contributed by atoms with van der Waals surface area (Å²) in [5, 5.41) is 43.0. The molecule has 0 atom stereocenters. The number of carboxylic acids is 2. The van der Waals surface area contributed by atoms with Crippen molar-refractivity contribution in [2.45, 2.75) is 12.8 Å². The van der Waals surface area contributed by atoms with Crippen LogP contribution in [0.2, 0.25) is 0 Å². The van der Waals surface area contributed by atoms with Crippen molar-refractivity contribution >= 4 is 11.9 Å². The molecule has 0 aromatic heterocycles. The Morgan fingerprint density at radius 3 is 1.74 bits per heavy atom. The first kappa shape index (κ1) is 19.6. The van der Waals surface area contributed by atoms with Crippen molar-refractivity contribution in [1.82, 2.24) is 0 Å². The third-order valence-electron chi connectivity index (χ3n) is 2.49. The third kappa shape index (κ3) is 7.35. The van der Waals surface area contributed by atoms with E-state index in [9.17, 15) is 9.59 Å². The Morgan fingerprint density at radius 1 is 1.11 bits per heavy atom. The summed E-state index contributed by atoms with van der Waals surface area (Å²) in [6.07, 6.45) is 1.34. The molecule has 0 bridgehead atoms. The van der Waals surface area contributed by atoms with Crippen molar-refractivity contribution in [2.75, 3.05) is 19.8 Å². The van der Waals surface area contributed by atoms with Gasteiger partial charge in [0.15, 0.2) is 0 Å². The van der Waals surface area contributed by atoms with Gasteiger partial charge < -0.3 is 25.5 Å². The molecule has 0 aromatic rings. The molecule has 0 aliphatic rings. The van der Waals surface area contributed by atoms with Crippen molar-refractivity contribution in [3.05, 3.63) is 24.8 Å². The van der Waals surface area contributed by atoms with Crippen LogP contribution in [0.3, 0.4) is 0 Å². The summed E-state index contributed by atoms with van der Waals surface area (Å²) in [4.78, 5) is 19.9. The first-order valence-electron chi connectivity index (χ1n) is 5.42. The third-order valence-corrected chi connectivity index (χ3v) is 2.49.